The van der Waals surface area contributed by atoms with Gasteiger partial charge in [-0.3, -0.25) is 9.59 Å². The van der Waals surface area contributed by atoms with Crippen molar-refractivity contribution < 1.29 is 9.59 Å². The molecule has 1 aliphatic carbocycles. The molecule has 1 N–H and O–H groups in total. The molecule has 0 saturated carbocycles. The second-order valence-corrected chi connectivity index (χ2v) is 7.61. The molecule has 2 aromatic heterocycles. The van der Waals surface area contributed by atoms with Gasteiger partial charge < -0.3 is 10.2 Å². The first-order valence-electron chi connectivity index (χ1n) is 9.98. The molecule has 2 unspecified atom stereocenters. The summed E-state index contributed by atoms with van der Waals surface area (Å²) in [4.78, 5) is 34.6. The molecule has 0 radical (unpaired) electrons. The van der Waals surface area contributed by atoms with Crippen molar-refractivity contribution in [1.29, 1.82) is 0 Å². The topological polar surface area (TPSA) is 93.0 Å². The Kier molecular flexibility index (Phi) is 5.36. The van der Waals surface area contributed by atoms with E-state index >= 15 is 0 Å². The van der Waals surface area contributed by atoms with E-state index in [1.807, 2.05) is 9.58 Å². The minimum Gasteiger partial charge on any atom is -0.354 e. The molecule has 148 valence electrons. The minimum absolute atomic E-state index is 0.0761. The van der Waals surface area contributed by atoms with E-state index < -0.39 is 0 Å². The van der Waals surface area contributed by atoms with Gasteiger partial charge in [0.1, 0.15) is 5.52 Å². The van der Waals surface area contributed by atoms with Crippen molar-refractivity contribution in [2.75, 3.05) is 19.6 Å². The van der Waals surface area contributed by atoms with E-state index in [0.29, 0.717) is 32.0 Å². The van der Waals surface area contributed by atoms with Gasteiger partial charge in [-0.1, -0.05) is 12.2 Å². The Hall–Kier alpha value is -2.77. The molecule has 0 aromatic carbocycles. The van der Waals surface area contributed by atoms with E-state index in [2.05, 4.69) is 27.4 Å². The fourth-order valence-electron chi connectivity index (χ4n) is 4.10. The summed E-state index contributed by atoms with van der Waals surface area (Å²) in [6, 6.07) is 0. The summed E-state index contributed by atoms with van der Waals surface area (Å²) in [5, 5.41) is 7.75. The Bertz CT molecular complexity index is 905. The summed E-state index contributed by atoms with van der Waals surface area (Å²) < 4.78 is 1.82. The van der Waals surface area contributed by atoms with Crippen molar-refractivity contribution in [3.63, 3.8) is 0 Å². The van der Waals surface area contributed by atoms with Gasteiger partial charge in [-0.05, 0) is 25.2 Å². The molecule has 3 heterocycles. The van der Waals surface area contributed by atoms with Crippen LogP contribution in [0, 0.1) is 5.92 Å². The van der Waals surface area contributed by atoms with E-state index in [0.717, 1.165) is 42.7 Å². The van der Waals surface area contributed by atoms with Crippen molar-refractivity contribution in [2.45, 2.75) is 45.1 Å². The molecule has 8 nitrogen and oxygen atoms in total. The first-order valence-corrected chi connectivity index (χ1v) is 9.98. The Morgan fingerprint density at radius 1 is 1.25 bits per heavy atom. The minimum atomic E-state index is 0.0761. The monoisotopic (exact) mass is 382 g/mol. The SMILES string of the molecule is CC(=O)N1CCC(c2nn(CCNC(=O)CC3C=CCC3)c3nccnc23)C1. The molecule has 1 fully saturated rings. The molecule has 2 aromatic rings. The zero-order valence-electron chi connectivity index (χ0n) is 16.2. The van der Waals surface area contributed by atoms with Crippen LogP contribution in [0.3, 0.4) is 0 Å². The van der Waals surface area contributed by atoms with Crippen LogP contribution in [0.15, 0.2) is 24.5 Å². The molecule has 2 atom stereocenters. The Morgan fingerprint density at radius 2 is 2.11 bits per heavy atom. The van der Waals surface area contributed by atoms with E-state index in [1.165, 1.54) is 0 Å². The van der Waals surface area contributed by atoms with Gasteiger partial charge in [0, 0.05) is 51.3 Å². The van der Waals surface area contributed by atoms with Gasteiger partial charge in [0.05, 0.1) is 12.2 Å². The van der Waals surface area contributed by atoms with Crippen LogP contribution in [0.25, 0.3) is 11.2 Å². The van der Waals surface area contributed by atoms with Gasteiger partial charge in [0.15, 0.2) is 5.65 Å². The lowest BCUT2D eigenvalue weighted by Gasteiger charge is -2.12. The second kappa shape index (κ2) is 8.08. The number of likely N-dealkylation sites (tertiary alicyclic amines) is 1. The molecule has 2 amide bonds. The largest absolute Gasteiger partial charge is 0.354 e. The summed E-state index contributed by atoms with van der Waals surface area (Å²) >= 11 is 0. The van der Waals surface area contributed by atoms with Crippen LogP contribution in [0.2, 0.25) is 0 Å². The van der Waals surface area contributed by atoms with Gasteiger partial charge in [-0.2, -0.15) is 5.10 Å². The number of carbonyl (C=O) groups is 2. The molecule has 8 heteroatoms. The molecule has 1 saturated heterocycles. The van der Waals surface area contributed by atoms with E-state index in [9.17, 15) is 9.59 Å². The van der Waals surface area contributed by atoms with Crippen LogP contribution < -0.4 is 5.32 Å². The lowest BCUT2D eigenvalue weighted by molar-refractivity contribution is -0.127. The molecule has 0 spiro atoms. The first-order chi connectivity index (χ1) is 13.6. The predicted octanol–water partition coefficient (Wildman–Crippen LogP) is 1.63. The summed E-state index contributed by atoms with van der Waals surface area (Å²) in [6.07, 6.45) is 11.2. The van der Waals surface area contributed by atoms with Crippen molar-refractivity contribution in [3.8, 4) is 0 Å². The Balaban J connectivity index is 1.42. The molecular weight excluding hydrogens is 356 g/mol. The number of carbonyl (C=O) groups excluding carboxylic acids is 2. The van der Waals surface area contributed by atoms with Gasteiger partial charge in [-0.15, -0.1) is 0 Å². The van der Waals surface area contributed by atoms with Crippen LogP contribution in [-0.4, -0.2) is 56.1 Å². The highest BCUT2D eigenvalue weighted by Gasteiger charge is 2.30. The van der Waals surface area contributed by atoms with Gasteiger partial charge in [-0.25, -0.2) is 14.6 Å². The third-order valence-electron chi connectivity index (χ3n) is 5.62. The predicted molar refractivity (Wildman–Crippen MR) is 104 cm³/mol. The van der Waals surface area contributed by atoms with Crippen LogP contribution in [-0.2, 0) is 16.1 Å². The molecule has 1 aliphatic heterocycles. The zero-order valence-corrected chi connectivity index (χ0v) is 16.2. The maximum atomic E-state index is 12.1. The van der Waals surface area contributed by atoms with Crippen LogP contribution in [0.1, 0.15) is 44.2 Å². The fraction of sp³-hybridized carbons (Fsp3) is 0.550. The number of hydrogen-bond donors (Lipinski definition) is 1. The van der Waals surface area contributed by atoms with Crippen molar-refractivity contribution in [2.24, 2.45) is 5.92 Å². The Labute approximate surface area is 164 Å². The van der Waals surface area contributed by atoms with Crippen LogP contribution >= 0.6 is 0 Å². The lowest BCUT2D eigenvalue weighted by Crippen LogP contribution is -2.28. The maximum absolute atomic E-state index is 12.1. The highest BCUT2D eigenvalue weighted by atomic mass is 16.2. The number of nitrogens with zero attached hydrogens (tertiary/aromatic N) is 5. The van der Waals surface area contributed by atoms with Crippen LogP contribution in [0.4, 0.5) is 0 Å². The van der Waals surface area contributed by atoms with Crippen molar-refractivity contribution in [1.82, 2.24) is 30.0 Å². The number of hydrogen-bond acceptors (Lipinski definition) is 5. The third-order valence-corrected chi connectivity index (χ3v) is 5.62. The summed E-state index contributed by atoms with van der Waals surface area (Å²) in [7, 11) is 0. The molecule has 0 bridgehead atoms. The van der Waals surface area contributed by atoms with Crippen molar-refractivity contribution >= 4 is 23.0 Å². The Morgan fingerprint density at radius 3 is 2.86 bits per heavy atom. The van der Waals surface area contributed by atoms with Crippen molar-refractivity contribution in [3.05, 3.63) is 30.2 Å². The average molecular weight is 382 g/mol. The summed E-state index contributed by atoms with van der Waals surface area (Å²) in [5.74, 6) is 0.715. The number of rotatable bonds is 6. The number of nitrogens with one attached hydrogen (secondary N) is 1. The number of fused-ring (bicyclic) bond motifs is 1. The molecule has 4 rings (SSSR count). The summed E-state index contributed by atoms with van der Waals surface area (Å²) in [6.45, 7) is 4.07. The number of aromatic nitrogens is 4. The third kappa shape index (κ3) is 3.90. The van der Waals surface area contributed by atoms with E-state index in [4.69, 9.17) is 5.10 Å². The van der Waals surface area contributed by atoms with Gasteiger partial charge in [0.2, 0.25) is 11.8 Å². The fourth-order valence-corrected chi connectivity index (χ4v) is 4.10. The molecule has 2 aliphatic rings. The molecule has 28 heavy (non-hydrogen) atoms. The zero-order chi connectivity index (χ0) is 19.5. The first kappa shape index (κ1) is 18.6. The van der Waals surface area contributed by atoms with Gasteiger partial charge in [0.25, 0.3) is 0 Å². The average Bonchev–Trinajstić information content (AvgIpc) is 3.41. The van der Waals surface area contributed by atoms with Gasteiger partial charge >= 0.3 is 0 Å². The summed E-state index contributed by atoms with van der Waals surface area (Å²) in [5.41, 5.74) is 2.42. The van der Waals surface area contributed by atoms with E-state index in [-0.39, 0.29) is 17.7 Å². The highest BCUT2D eigenvalue weighted by Crippen LogP contribution is 2.30. The van der Waals surface area contributed by atoms with Crippen LogP contribution in [0.5, 0.6) is 0 Å². The number of amides is 2. The smallest absolute Gasteiger partial charge is 0.220 e. The standard InChI is InChI=1S/C20H26N6O2/c1-14(27)25-10-6-16(13-25)18-19-20(23-8-7-22-19)26(24-18)11-9-21-17(28)12-15-4-2-3-5-15/h2,4,7-8,15-16H,3,5-6,9-13H2,1H3,(H,21,28). The number of allylic oxidation sites excluding steroid dienone is 2. The van der Waals surface area contributed by atoms with E-state index in [1.54, 1.807) is 19.3 Å². The second-order valence-electron chi connectivity index (χ2n) is 7.61. The molecular formula is C20H26N6O2. The normalized spacial score (nSPS) is 21.5. The quantitative estimate of drug-likeness (QED) is 0.767. The lowest BCUT2D eigenvalue weighted by atomic mass is 10.0. The highest BCUT2D eigenvalue weighted by molar-refractivity contribution is 5.77. The maximum Gasteiger partial charge on any atom is 0.220 e.